The Labute approximate surface area is 169 Å². The van der Waals surface area contributed by atoms with E-state index in [0.717, 1.165) is 11.3 Å². The fraction of sp³-hybridized carbons (Fsp3) is 0.300. The second-order valence-corrected chi connectivity index (χ2v) is 8.61. The maximum atomic E-state index is 12.9. The summed E-state index contributed by atoms with van der Waals surface area (Å²) in [7, 11) is -3.61. The number of piperidine rings is 1. The van der Waals surface area contributed by atoms with E-state index in [4.69, 9.17) is 4.84 Å². The van der Waals surface area contributed by atoms with Gasteiger partial charge in [0.15, 0.2) is 0 Å². The maximum Gasteiger partial charge on any atom is 0.243 e. The maximum absolute atomic E-state index is 12.9. The van der Waals surface area contributed by atoms with E-state index in [1.54, 1.807) is 24.3 Å². The molecule has 1 aliphatic rings. The van der Waals surface area contributed by atoms with Crippen molar-refractivity contribution in [1.29, 1.82) is 0 Å². The molecule has 1 heterocycles. The zero-order chi connectivity index (χ0) is 20.9. The van der Waals surface area contributed by atoms with Crippen LogP contribution < -0.4 is 5.32 Å². The Morgan fingerprint density at radius 3 is 2.31 bits per heavy atom. The molecule has 7 nitrogen and oxygen atoms in total. The molecule has 1 fully saturated rings. The Morgan fingerprint density at radius 1 is 1.10 bits per heavy atom. The summed E-state index contributed by atoms with van der Waals surface area (Å²) < 4.78 is 39.9. The van der Waals surface area contributed by atoms with Crippen molar-refractivity contribution in [3.8, 4) is 0 Å². The van der Waals surface area contributed by atoms with E-state index in [1.165, 1.54) is 35.5 Å². The average Bonchev–Trinajstić information content (AvgIpc) is 2.70. The highest BCUT2D eigenvalue weighted by molar-refractivity contribution is 7.89. The van der Waals surface area contributed by atoms with Gasteiger partial charge in [0.25, 0.3) is 0 Å². The summed E-state index contributed by atoms with van der Waals surface area (Å²) in [6.07, 6.45) is 0.958. The molecule has 1 aliphatic heterocycles. The summed E-state index contributed by atoms with van der Waals surface area (Å²) in [5.74, 6) is -0.525. The molecular formula is C20H22FN3O4S. The van der Waals surface area contributed by atoms with Gasteiger partial charge >= 0.3 is 0 Å². The number of carbonyl (C=O) groups is 1. The van der Waals surface area contributed by atoms with Crippen LogP contribution in [0.5, 0.6) is 0 Å². The molecule has 154 valence electrons. The first-order valence-corrected chi connectivity index (χ1v) is 10.6. The fourth-order valence-corrected chi connectivity index (χ4v) is 4.36. The Balaban J connectivity index is 1.54. The van der Waals surface area contributed by atoms with Gasteiger partial charge in [-0.15, -0.1) is 0 Å². The number of nitrogens with one attached hydrogen (secondary N) is 1. The van der Waals surface area contributed by atoms with Gasteiger partial charge in [-0.05, 0) is 42.0 Å². The molecule has 0 aliphatic carbocycles. The first-order chi connectivity index (χ1) is 13.8. The molecule has 0 atom stereocenters. The lowest BCUT2D eigenvalue weighted by Crippen LogP contribution is -2.38. The summed E-state index contributed by atoms with van der Waals surface area (Å²) in [5.41, 5.74) is 2.14. The normalized spacial score (nSPS) is 15.0. The van der Waals surface area contributed by atoms with Gasteiger partial charge in [0, 0.05) is 38.5 Å². The third kappa shape index (κ3) is 5.61. The third-order valence-electron chi connectivity index (χ3n) is 4.45. The van der Waals surface area contributed by atoms with Crippen LogP contribution >= 0.6 is 0 Å². The SMILES string of the molecule is CC(=O)Nc1ccc(S(=O)(=O)N2CCC(=NOCc3ccc(F)cc3)CC2)cc1. The Kier molecular flexibility index (Phi) is 6.60. The minimum Gasteiger partial charge on any atom is -0.391 e. The molecule has 0 bridgehead atoms. The van der Waals surface area contributed by atoms with Crippen molar-refractivity contribution < 1.29 is 22.4 Å². The second-order valence-electron chi connectivity index (χ2n) is 6.67. The Bertz CT molecular complexity index is 979. The fourth-order valence-electron chi connectivity index (χ4n) is 2.92. The topological polar surface area (TPSA) is 88.1 Å². The van der Waals surface area contributed by atoms with E-state index >= 15 is 0 Å². The molecular weight excluding hydrogens is 397 g/mol. The molecule has 9 heteroatoms. The quantitative estimate of drug-likeness (QED) is 0.729. The number of rotatable bonds is 6. The molecule has 0 aromatic heterocycles. The van der Waals surface area contributed by atoms with Crippen LogP contribution in [-0.4, -0.2) is 37.4 Å². The van der Waals surface area contributed by atoms with E-state index in [0.29, 0.717) is 31.6 Å². The van der Waals surface area contributed by atoms with Crippen molar-refractivity contribution >= 4 is 27.3 Å². The predicted molar refractivity (Wildman–Crippen MR) is 107 cm³/mol. The smallest absolute Gasteiger partial charge is 0.243 e. The van der Waals surface area contributed by atoms with Gasteiger partial charge in [-0.25, -0.2) is 12.8 Å². The highest BCUT2D eigenvalue weighted by Crippen LogP contribution is 2.21. The van der Waals surface area contributed by atoms with Gasteiger partial charge in [-0.1, -0.05) is 17.3 Å². The zero-order valence-corrected chi connectivity index (χ0v) is 16.8. The Morgan fingerprint density at radius 2 is 1.72 bits per heavy atom. The lowest BCUT2D eigenvalue weighted by atomic mass is 10.1. The molecule has 0 saturated carbocycles. The van der Waals surface area contributed by atoms with Gasteiger partial charge < -0.3 is 10.2 Å². The number of oxime groups is 1. The first-order valence-electron chi connectivity index (χ1n) is 9.14. The molecule has 0 unspecified atom stereocenters. The molecule has 1 N–H and O–H groups in total. The zero-order valence-electron chi connectivity index (χ0n) is 16.0. The van der Waals surface area contributed by atoms with Crippen molar-refractivity contribution in [3.63, 3.8) is 0 Å². The van der Waals surface area contributed by atoms with Crippen LogP contribution in [0.25, 0.3) is 0 Å². The molecule has 0 spiro atoms. The van der Waals surface area contributed by atoms with E-state index in [1.807, 2.05) is 0 Å². The molecule has 2 aromatic rings. The minimum absolute atomic E-state index is 0.180. The highest BCUT2D eigenvalue weighted by atomic mass is 32.2. The average molecular weight is 419 g/mol. The van der Waals surface area contributed by atoms with Gasteiger partial charge in [0.2, 0.25) is 15.9 Å². The number of nitrogens with zero attached hydrogens (tertiary/aromatic N) is 2. The van der Waals surface area contributed by atoms with Crippen molar-refractivity contribution in [1.82, 2.24) is 4.31 Å². The van der Waals surface area contributed by atoms with Crippen LogP contribution in [0.4, 0.5) is 10.1 Å². The number of amides is 1. The van der Waals surface area contributed by atoms with Gasteiger partial charge in [0.1, 0.15) is 12.4 Å². The molecule has 1 saturated heterocycles. The molecule has 29 heavy (non-hydrogen) atoms. The van der Waals surface area contributed by atoms with Crippen LogP contribution in [0.1, 0.15) is 25.3 Å². The largest absolute Gasteiger partial charge is 0.391 e. The number of sulfonamides is 1. The predicted octanol–water partition coefficient (Wildman–Crippen LogP) is 3.14. The van der Waals surface area contributed by atoms with E-state index < -0.39 is 10.0 Å². The molecule has 2 aromatic carbocycles. The van der Waals surface area contributed by atoms with Crippen LogP contribution in [0, 0.1) is 5.82 Å². The summed E-state index contributed by atoms with van der Waals surface area (Å²) in [6, 6.07) is 12.1. The standard InChI is InChI=1S/C20H22FN3O4S/c1-15(25)22-18-6-8-20(9-7-18)29(26,27)24-12-10-19(11-13-24)23-28-14-16-2-4-17(21)5-3-16/h2-9H,10-14H2,1H3,(H,22,25). The number of hydrogen-bond donors (Lipinski definition) is 1. The van der Waals surface area contributed by atoms with Gasteiger partial charge in [-0.2, -0.15) is 4.31 Å². The highest BCUT2D eigenvalue weighted by Gasteiger charge is 2.28. The second kappa shape index (κ2) is 9.15. The minimum atomic E-state index is -3.61. The van der Waals surface area contributed by atoms with Crippen molar-refractivity contribution in [3.05, 3.63) is 59.9 Å². The van der Waals surface area contributed by atoms with Crippen molar-refractivity contribution in [2.24, 2.45) is 5.16 Å². The van der Waals surface area contributed by atoms with Crippen LogP contribution in [0.15, 0.2) is 58.6 Å². The monoisotopic (exact) mass is 419 g/mol. The van der Waals surface area contributed by atoms with Crippen LogP contribution in [-0.2, 0) is 26.3 Å². The summed E-state index contributed by atoms with van der Waals surface area (Å²) >= 11 is 0. The number of anilines is 1. The van der Waals surface area contributed by atoms with Crippen molar-refractivity contribution in [2.75, 3.05) is 18.4 Å². The summed E-state index contributed by atoms with van der Waals surface area (Å²) in [6.45, 7) is 2.25. The third-order valence-corrected chi connectivity index (χ3v) is 6.36. The molecule has 1 amide bonds. The number of carbonyl (C=O) groups excluding carboxylic acids is 1. The number of benzene rings is 2. The van der Waals surface area contributed by atoms with E-state index in [-0.39, 0.29) is 23.2 Å². The van der Waals surface area contributed by atoms with Gasteiger partial charge in [0.05, 0.1) is 10.6 Å². The van der Waals surface area contributed by atoms with Crippen molar-refractivity contribution in [2.45, 2.75) is 31.3 Å². The number of halogens is 1. The molecule has 3 rings (SSSR count). The Hall–Kier alpha value is -2.78. The van der Waals surface area contributed by atoms with Crippen LogP contribution in [0.3, 0.4) is 0 Å². The van der Waals surface area contributed by atoms with Crippen LogP contribution in [0.2, 0.25) is 0 Å². The first kappa shape index (κ1) is 20.9. The number of hydrogen-bond acceptors (Lipinski definition) is 5. The summed E-state index contributed by atoms with van der Waals surface area (Å²) in [4.78, 5) is 16.6. The lowest BCUT2D eigenvalue weighted by molar-refractivity contribution is -0.114. The van der Waals surface area contributed by atoms with Gasteiger partial charge in [-0.3, -0.25) is 4.79 Å². The molecule has 0 radical (unpaired) electrons. The summed E-state index contributed by atoms with van der Waals surface area (Å²) in [5, 5.41) is 6.70. The van der Waals surface area contributed by atoms with E-state index in [2.05, 4.69) is 10.5 Å². The van der Waals surface area contributed by atoms with E-state index in [9.17, 15) is 17.6 Å². The lowest BCUT2D eigenvalue weighted by Gasteiger charge is -2.26.